The lowest BCUT2D eigenvalue weighted by atomic mass is 10.1. The van der Waals surface area contributed by atoms with E-state index in [0.29, 0.717) is 16.3 Å². The number of hydrogen-bond donors (Lipinski definition) is 1. The van der Waals surface area contributed by atoms with Gasteiger partial charge in [-0.2, -0.15) is 5.26 Å². The van der Waals surface area contributed by atoms with Crippen molar-refractivity contribution in [3.05, 3.63) is 43.7 Å². The van der Waals surface area contributed by atoms with Crippen molar-refractivity contribution in [2.45, 2.75) is 0 Å². The van der Waals surface area contributed by atoms with Gasteiger partial charge in [0.05, 0.1) is 21.2 Å². The van der Waals surface area contributed by atoms with Gasteiger partial charge in [0.2, 0.25) is 0 Å². The largest absolute Gasteiger partial charge is 0.396 e. The first kappa shape index (κ1) is 11.2. The highest BCUT2D eigenvalue weighted by Crippen LogP contribution is 2.32. The molecule has 0 bridgehead atoms. The van der Waals surface area contributed by atoms with Crippen molar-refractivity contribution in [3.8, 4) is 6.07 Å². The van der Waals surface area contributed by atoms with Gasteiger partial charge in [-0.1, -0.05) is 17.7 Å². The Bertz CT molecular complexity index is 561. The van der Waals surface area contributed by atoms with Gasteiger partial charge < -0.3 is 5.73 Å². The van der Waals surface area contributed by atoms with Crippen LogP contribution in [-0.2, 0) is 0 Å². The maximum Gasteiger partial charge on any atom is 0.103 e. The summed E-state index contributed by atoms with van der Waals surface area (Å²) in [5.41, 5.74) is 6.91. The number of allylic oxidation sites excluding steroid dienone is 1. The number of rotatable bonds is 2. The zero-order valence-electron chi connectivity index (χ0n) is 8.11. The third-order valence-electron chi connectivity index (χ3n) is 2.01. The summed E-state index contributed by atoms with van der Waals surface area (Å²) in [6, 6.07) is 7.67. The first-order valence-corrected chi connectivity index (χ1v) is 6.55. The number of nitrogens with zero attached hydrogens (tertiary/aromatic N) is 1. The van der Waals surface area contributed by atoms with E-state index in [0.717, 1.165) is 9.75 Å². The molecule has 0 saturated carbocycles. The van der Waals surface area contributed by atoms with Crippen molar-refractivity contribution in [2.24, 2.45) is 5.73 Å². The molecule has 0 radical (unpaired) electrons. The van der Waals surface area contributed by atoms with Gasteiger partial charge in [-0.15, -0.1) is 22.7 Å². The zero-order valence-corrected chi connectivity index (χ0v) is 10.5. The molecule has 2 nitrogen and oxygen atoms in total. The smallest absolute Gasteiger partial charge is 0.103 e. The molecular formula is C11H7ClN2S2. The average molecular weight is 267 g/mol. The molecule has 0 unspecified atom stereocenters. The minimum Gasteiger partial charge on any atom is -0.396 e. The standard InChI is InChI=1S/C11H7ClN2S2/c12-8-3-5-16-11(8)10(14)7(6-13)9-2-1-4-15-9/h1-5H,14H2/b10-7-. The molecule has 2 aromatic heterocycles. The van der Waals surface area contributed by atoms with Crippen LogP contribution in [-0.4, -0.2) is 0 Å². The number of halogens is 1. The maximum absolute atomic E-state index is 9.14. The van der Waals surface area contributed by atoms with Gasteiger partial charge in [0.15, 0.2) is 0 Å². The number of thiophene rings is 2. The van der Waals surface area contributed by atoms with Crippen LogP contribution in [0.25, 0.3) is 11.3 Å². The van der Waals surface area contributed by atoms with Crippen LogP contribution in [0, 0.1) is 11.3 Å². The van der Waals surface area contributed by atoms with Crippen molar-refractivity contribution in [3.63, 3.8) is 0 Å². The van der Waals surface area contributed by atoms with Crippen LogP contribution in [0.4, 0.5) is 0 Å². The number of nitrogens with two attached hydrogens (primary N) is 1. The summed E-state index contributed by atoms with van der Waals surface area (Å²) in [4.78, 5) is 1.62. The van der Waals surface area contributed by atoms with E-state index >= 15 is 0 Å². The molecule has 80 valence electrons. The summed E-state index contributed by atoms with van der Waals surface area (Å²) in [5.74, 6) is 0. The molecule has 0 fully saturated rings. The van der Waals surface area contributed by atoms with Crippen LogP contribution in [0.15, 0.2) is 29.0 Å². The molecule has 0 aliphatic rings. The second-order valence-electron chi connectivity index (χ2n) is 2.98. The molecule has 0 aliphatic heterocycles. The van der Waals surface area contributed by atoms with E-state index in [1.165, 1.54) is 22.7 Å². The molecule has 2 N–H and O–H groups in total. The molecular weight excluding hydrogens is 260 g/mol. The fourth-order valence-electron chi connectivity index (χ4n) is 1.27. The van der Waals surface area contributed by atoms with Gasteiger partial charge in [-0.05, 0) is 22.9 Å². The van der Waals surface area contributed by atoms with Gasteiger partial charge in [0, 0.05) is 4.88 Å². The van der Waals surface area contributed by atoms with E-state index in [2.05, 4.69) is 6.07 Å². The lowest BCUT2D eigenvalue weighted by Crippen LogP contribution is -1.98. The van der Waals surface area contributed by atoms with Gasteiger partial charge >= 0.3 is 0 Å². The predicted molar refractivity (Wildman–Crippen MR) is 70.3 cm³/mol. The molecule has 5 heteroatoms. The van der Waals surface area contributed by atoms with Crippen molar-refractivity contribution in [1.82, 2.24) is 0 Å². The Morgan fingerprint density at radius 3 is 2.62 bits per heavy atom. The summed E-state index contributed by atoms with van der Waals surface area (Å²) >= 11 is 8.91. The van der Waals surface area contributed by atoms with E-state index in [1.807, 2.05) is 22.9 Å². The molecule has 2 rings (SSSR count). The Balaban J connectivity index is 2.56. The number of hydrogen-bond acceptors (Lipinski definition) is 4. The summed E-state index contributed by atoms with van der Waals surface area (Å²) in [6.07, 6.45) is 0. The Morgan fingerprint density at radius 1 is 1.31 bits per heavy atom. The Hall–Kier alpha value is -1.28. The Labute approximate surface area is 106 Å². The monoisotopic (exact) mass is 266 g/mol. The van der Waals surface area contributed by atoms with E-state index < -0.39 is 0 Å². The quantitative estimate of drug-likeness (QED) is 0.840. The lowest BCUT2D eigenvalue weighted by molar-refractivity contribution is 1.52. The van der Waals surface area contributed by atoms with Crippen molar-refractivity contribution in [1.29, 1.82) is 5.26 Å². The second-order valence-corrected chi connectivity index (χ2v) is 5.25. The first-order chi connectivity index (χ1) is 7.74. The second kappa shape index (κ2) is 4.71. The summed E-state index contributed by atoms with van der Waals surface area (Å²) in [7, 11) is 0. The molecule has 0 aromatic carbocycles. The SMILES string of the molecule is N#C/C(=C(/N)c1sccc1Cl)c1cccs1. The highest BCUT2D eigenvalue weighted by atomic mass is 35.5. The van der Waals surface area contributed by atoms with Crippen molar-refractivity contribution < 1.29 is 0 Å². The summed E-state index contributed by atoms with van der Waals surface area (Å²) in [6.45, 7) is 0. The predicted octanol–water partition coefficient (Wildman–Crippen LogP) is 3.81. The minimum atomic E-state index is 0.449. The van der Waals surface area contributed by atoms with E-state index in [9.17, 15) is 0 Å². The van der Waals surface area contributed by atoms with Gasteiger partial charge in [-0.25, -0.2) is 0 Å². The normalized spacial score (nSPS) is 12.0. The highest BCUT2D eigenvalue weighted by molar-refractivity contribution is 7.12. The molecule has 0 atom stereocenters. The molecule has 0 saturated heterocycles. The summed E-state index contributed by atoms with van der Waals surface area (Å²) < 4.78 is 0. The number of nitriles is 1. The minimum absolute atomic E-state index is 0.449. The van der Waals surface area contributed by atoms with Gasteiger partial charge in [-0.3, -0.25) is 0 Å². The van der Waals surface area contributed by atoms with E-state index in [-0.39, 0.29) is 0 Å². The fourth-order valence-corrected chi connectivity index (χ4v) is 3.13. The first-order valence-electron chi connectivity index (χ1n) is 4.41. The third kappa shape index (κ3) is 1.98. The molecule has 0 amide bonds. The highest BCUT2D eigenvalue weighted by Gasteiger charge is 2.12. The zero-order chi connectivity index (χ0) is 11.5. The van der Waals surface area contributed by atoms with E-state index in [4.69, 9.17) is 22.6 Å². The fraction of sp³-hybridized carbons (Fsp3) is 0. The lowest BCUT2D eigenvalue weighted by Gasteiger charge is -2.02. The van der Waals surface area contributed by atoms with Crippen LogP contribution in [0.3, 0.4) is 0 Å². The molecule has 0 spiro atoms. The third-order valence-corrected chi connectivity index (χ3v) is 4.27. The maximum atomic E-state index is 9.14. The van der Waals surface area contributed by atoms with Crippen LogP contribution in [0.1, 0.15) is 9.75 Å². The van der Waals surface area contributed by atoms with Crippen molar-refractivity contribution in [2.75, 3.05) is 0 Å². The van der Waals surface area contributed by atoms with Gasteiger partial charge in [0.25, 0.3) is 0 Å². The molecule has 0 aliphatic carbocycles. The average Bonchev–Trinajstić information content (AvgIpc) is 2.90. The van der Waals surface area contributed by atoms with Crippen molar-refractivity contribution >= 4 is 45.5 Å². The molecule has 16 heavy (non-hydrogen) atoms. The van der Waals surface area contributed by atoms with Crippen LogP contribution in [0.2, 0.25) is 5.02 Å². The van der Waals surface area contributed by atoms with E-state index in [1.54, 1.807) is 6.07 Å². The summed E-state index contributed by atoms with van der Waals surface area (Å²) in [5, 5.41) is 13.5. The Kier molecular flexibility index (Phi) is 3.30. The topological polar surface area (TPSA) is 49.8 Å². The van der Waals surface area contributed by atoms with Crippen LogP contribution in [0.5, 0.6) is 0 Å². The van der Waals surface area contributed by atoms with Crippen LogP contribution >= 0.6 is 34.3 Å². The molecule has 2 heterocycles. The Morgan fingerprint density at radius 2 is 2.12 bits per heavy atom. The van der Waals surface area contributed by atoms with Gasteiger partial charge in [0.1, 0.15) is 6.07 Å². The molecule has 2 aromatic rings. The van der Waals surface area contributed by atoms with Crippen LogP contribution < -0.4 is 5.73 Å².